The van der Waals surface area contributed by atoms with Crippen molar-refractivity contribution in [1.29, 1.82) is 0 Å². The number of carbonyl (C=O) groups excluding carboxylic acids is 1. The van der Waals surface area contributed by atoms with E-state index in [4.69, 9.17) is 5.11 Å². The van der Waals surface area contributed by atoms with Gasteiger partial charge in [0.25, 0.3) is 0 Å². The fourth-order valence-electron chi connectivity index (χ4n) is 1.88. The van der Waals surface area contributed by atoms with Crippen molar-refractivity contribution in [1.82, 2.24) is 10.2 Å². The minimum Gasteiger partial charge on any atom is -0.479 e. The maximum absolute atomic E-state index is 10.8. The fraction of sp³-hybridized carbons (Fsp3) is 0.800. The van der Waals surface area contributed by atoms with Crippen LogP contribution >= 0.6 is 0 Å². The highest BCUT2D eigenvalue weighted by Crippen LogP contribution is 2.14. The van der Waals surface area contributed by atoms with Crippen LogP contribution in [0.2, 0.25) is 0 Å². The van der Waals surface area contributed by atoms with E-state index >= 15 is 0 Å². The van der Waals surface area contributed by atoms with Crippen LogP contribution in [0.3, 0.4) is 0 Å². The molecule has 0 aromatic rings. The molecule has 6 nitrogen and oxygen atoms in total. The largest absolute Gasteiger partial charge is 0.479 e. The third-order valence-electron chi connectivity index (χ3n) is 2.67. The monoisotopic (exact) mass is 230 g/mol. The van der Waals surface area contributed by atoms with E-state index in [1.165, 1.54) is 13.8 Å². The summed E-state index contributed by atoms with van der Waals surface area (Å²) in [7, 11) is 0. The van der Waals surface area contributed by atoms with Crippen LogP contribution in [-0.2, 0) is 9.59 Å². The van der Waals surface area contributed by atoms with E-state index in [9.17, 15) is 14.7 Å². The molecule has 1 saturated heterocycles. The molecule has 1 aliphatic rings. The average molecular weight is 230 g/mol. The van der Waals surface area contributed by atoms with Crippen LogP contribution < -0.4 is 5.32 Å². The van der Waals surface area contributed by atoms with Gasteiger partial charge >= 0.3 is 5.97 Å². The zero-order chi connectivity index (χ0) is 12.3. The summed E-state index contributed by atoms with van der Waals surface area (Å²) in [4.78, 5) is 23.4. The van der Waals surface area contributed by atoms with Crippen molar-refractivity contribution >= 4 is 11.9 Å². The van der Waals surface area contributed by atoms with Gasteiger partial charge in [-0.1, -0.05) is 0 Å². The molecule has 0 aromatic carbocycles. The Hall–Kier alpha value is -1.14. The second-order valence-corrected chi connectivity index (χ2v) is 4.50. The van der Waals surface area contributed by atoms with Gasteiger partial charge in [-0.25, -0.2) is 4.79 Å². The molecule has 0 spiro atoms. The standard InChI is InChI=1S/C10H18N2O4/c1-7(13)11-8-3-4-12(5-8)6-10(2,16)9(14)15/h8,16H,3-6H2,1-2H3,(H,11,13)(H,14,15). The zero-order valence-corrected chi connectivity index (χ0v) is 9.56. The first-order valence-electron chi connectivity index (χ1n) is 5.26. The number of likely N-dealkylation sites (tertiary alicyclic amines) is 1. The van der Waals surface area contributed by atoms with E-state index in [1.54, 1.807) is 0 Å². The third kappa shape index (κ3) is 3.46. The van der Waals surface area contributed by atoms with E-state index in [-0.39, 0.29) is 18.5 Å². The molecular formula is C10H18N2O4. The first-order chi connectivity index (χ1) is 7.31. The maximum Gasteiger partial charge on any atom is 0.336 e. The van der Waals surface area contributed by atoms with Gasteiger partial charge in [0.2, 0.25) is 5.91 Å². The molecule has 0 radical (unpaired) electrons. The summed E-state index contributed by atoms with van der Waals surface area (Å²) in [6, 6.07) is 0.0575. The topological polar surface area (TPSA) is 89.9 Å². The molecule has 0 bridgehead atoms. The summed E-state index contributed by atoms with van der Waals surface area (Å²) in [6.45, 7) is 4.09. The summed E-state index contributed by atoms with van der Waals surface area (Å²) in [6.07, 6.45) is 0.787. The number of rotatable bonds is 4. The van der Waals surface area contributed by atoms with Gasteiger partial charge in [-0.2, -0.15) is 0 Å². The van der Waals surface area contributed by atoms with Gasteiger partial charge in [0.05, 0.1) is 0 Å². The Morgan fingerprint density at radius 3 is 2.69 bits per heavy atom. The van der Waals surface area contributed by atoms with Crippen molar-refractivity contribution < 1.29 is 19.8 Å². The van der Waals surface area contributed by atoms with Gasteiger partial charge in [0.15, 0.2) is 5.60 Å². The normalized spacial score (nSPS) is 25.1. The molecule has 16 heavy (non-hydrogen) atoms. The minimum absolute atomic E-state index is 0.0575. The second kappa shape index (κ2) is 4.80. The Morgan fingerprint density at radius 2 is 2.19 bits per heavy atom. The predicted molar refractivity (Wildman–Crippen MR) is 56.9 cm³/mol. The van der Waals surface area contributed by atoms with Gasteiger partial charge in [-0.15, -0.1) is 0 Å². The molecule has 92 valence electrons. The van der Waals surface area contributed by atoms with Gasteiger partial charge in [0, 0.05) is 32.6 Å². The number of hydrogen-bond donors (Lipinski definition) is 3. The molecule has 1 amide bonds. The lowest BCUT2D eigenvalue weighted by Crippen LogP contribution is -2.47. The first-order valence-corrected chi connectivity index (χ1v) is 5.26. The number of nitrogens with one attached hydrogen (secondary N) is 1. The second-order valence-electron chi connectivity index (χ2n) is 4.50. The van der Waals surface area contributed by atoms with Gasteiger partial charge in [0.1, 0.15) is 0 Å². The summed E-state index contributed by atoms with van der Waals surface area (Å²) in [5, 5.41) is 21.1. The minimum atomic E-state index is -1.73. The predicted octanol–water partition coefficient (Wildman–Crippen LogP) is -0.968. The molecule has 2 atom stereocenters. The number of hydrogen-bond acceptors (Lipinski definition) is 4. The van der Waals surface area contributed by atoms with Gasteiger partial charge < -0.3 is 15.5 Å². The zero-order valence-electron chi connectivity index (χ0n) is 9.56. The summed E-state index contributed by atoms with van der Waals surface area (Å²) >= 11 is 0. The molecule has 0 saturated carbocycles. The van der Waals surface area contributed by atoms with E-state index in [2.05, 4.69) is 5.32 Å². The van der Waals surface area contributed by atoms with Crippen molar-refractivity contribution in [2.75, 3.05) is 19.6 Å². The average Bonchev–Trinajstić information content (AvgIpc) is 2.50. The smallest absolute Gasteiger partial charge is 0.336 e. The van der Waals surface area contributed by atoms with Crippen molar-refractivity contribution in [2.45, 2.75) is 31.9 Å². The lowest BCUT2D eigenvalue weighted by molar-refractivity contribution is -0.158. The van der Waals surface area contributed by atoms with Crippen molar-refractivity contribution in [3.8, 4) is 0 Å². The van der Waals surface area contributed by atoms with Crippen LogP contribution in [0.25, 0.3) is 0 Å². The highest BCUT2D eigenvalue weighted by atomic mass is 16.4. The van der Waals surface area contributed by atoms with E-state index in [0.29, 0.717) is 13.1 Å². The number of carboxylic acid groups (broad SMARTS) is 1. The molecular weight excluding hydrogens is 212 g/mol. The lowest BCUT2D eigenvalue weighted by Gasteiger charge is -2.25. The number of β-amino-alcohol motifs (C(OH)–C–C–N with tert-alkyl or cyclic N) is 1. The molecule has 2 unspecified atom stereocenters. The molecule has 1 rings (SSSR count). The summed E-state index contributed by atoms with van der Waals surface area (Å²) in [5.41, 5.74) is -1.73. The lowest BCUT2D eigenvalue weighted by atomic mass is 10.1. The Labute approximate surface area is 94.2 Å². The van der Waals surface area contributed by atoms with E-state index in [1.807, 2.05) is 4.90 Å². The van der Waals surface area contributed by atoms with Crippen LogP contribution in [-0.4, -0.2) is 58.3 Å². The van der Waals surface area contributed by atoms with Crippen molar-refractivity contribution in [3.05, 3.63) is 0 Å². The van der Waals surface area contributed by atoms with Crippen LogP contribution in [0.5, 0.6) is 0 Å². The molecule has 0 aromatic heterocycles. The number of aliphatic hydroxyl groups is 1. The van der Waals surface area contributed by atoms with Crippen molar-refractivity contribution in [3.63, 3.8) is 0 Å². The molecule has 1 aliphatic heterocycles. The van der Waals surface area contributed by atoms with E-state index < -0.39 is 11.6 Å². The van der Waals surface area contributed by atoms with Crippen LogP contribution in [0, 0.1) is 0 Å². The SMILES string of the molecule is CC(=O)NC1CCN(CC(C)(O)C(=O)O)C1. The quantitative estimate of drug-likeness (QED) is 0.578. The van der Waals surface area contributed by atoms with Crippen LogP contribution in [0.4, 0.5) is 0 Å². The molecule has 0 aliphatic carbocycles. The molecule has 1 heterocycles. The first kappa shape index (κ1) is 12.9. The van der Waals surface area contributed by atoms with Gasteiger partial charge in [-0.05, 0) is 13.3 Å². The maximum atomic E-state index is 10.8. The number of carboxylic acids is 1. The van der Waals surface area contributed by atoms with Crippen LogP contribution in [0.15, 0.2) is 0 Å². The van der Waals surface area contributed by atoms with E-state index in [0.717, 1.165) is 6.42 Å². The fourth-order valence-corrected chi connectivity index (χ4v) is 1.88. The summed E-state index contributed by atoms with van der Waals surface area (Å²) < 4.78 is 0. The number of carbonyl (C=O) groups is 2. The third-order valence-corrected chi connectivity index (χ3v) is 2.67. The Morgan fingerprint density at radius 1 is 1.56 bits per heavy atom. The number of nitrogens with zero attached hydrogens (tertiary/aromatic N) is 1. The summed E-state index contributed by atoms with van der Waals surface area (Å²) in [5.74, 6) is -1.31. The molecule has 1 fully saturated rings. The Kier molecular flexibility index (Phi) is 3.88. The highest BCUT2D eigenvalue weighted by Gasteiger charge is 2.35. The molecule has 3 N–H and O–H groups in total. The molecule has 6 heteroatoms. The number of aliphatic carboxylic acids is 1. The number of amides is 1. The Balaban J connectivity index is 2.42. The van der Waals surface area contributed by atoms with Crippen molar-refractivity contribution in [2.24, 2.45) is 0 Å². The highest BCUT2D eigenvalue weighted by molar-refractivity contribution is 5.76. The Bertz CT molecular complexity index is 291. The van der Waals surface area contributed by atoms with Gasteiger partial charge in [-0.3, -0.25) is 9.69 Å². The van der Waals surface area contributed by atoms with Crippen LogP contribution in [0.1, 0.15) is 20.3 Å².